The van der Waals surface area contributed by atoms with Crippen LogP contribution in [0.25, 0.3) is 0 Å². The number of carbonyl (C=O) groups excluding carboxylic acids is 1. The van der Waals surface area contributed by atoms with Crippen LogP contribution in [0.15, 0.2) is 18.2 Å². The molecule has 25 heavy (non-hydrogen) atoms. The van der Waals surface area contributed by atoms with Gasteiger partial charge < -0.3 is 10.4 Å². The van der Waals surface area contributed by atoms with E-state index in [2.05, 4.69) is 12.2 Å². The number of carbonyl (C=O) groups is 1. The van der Waals surface area contributed by atoms with Gasteiger partial charge in [0, 0.05) is 11.6 Å². The van der Waals surface area contributed by atoms with Crippen LogP contribution in [0.5, 0.6) is 0 Å². The predicted octanol–water partition coefficient (Wildman–Crippen LogP) is 4.38. The van der Waals surface area contributed by atoms with Gasteiger partial charge in [-0.15, -0.1) is 0 Å². The Kier molecular flexibility index (Phi) is 3.97. The van der Waals surface area contributed by atoms with Crippen LogP contribution < -0.4 is 5.32 Å². The third-order valence-corrected chi connectivity index (χ3v) is 7.62. The molecule has 0 spiro atoms. The Balaban J connectivity index is 1.55. The second kappa shape index (κ2) is 5.72. The van der Waals surface area contributed by atoms with Gasteiger partial charge in [0.05, 0.1) is 11.0 Å². The molecule has 0 aliphatic heterocycles. The van der Waals surface area contributed by atoms with Crippen molar-refractivity contribution in [1.82, 2.24) is 5.32 Å². The lowest BCUT2D eigenvalue weighted by atomic mass is 9.42. The van der Waals surface area contributed by atoms with E-state index in [1.807, 2.05) is 25.1 Å². The molecule has 4 aliphatic rings. The zero-order valence-corrected chi connectivity index (χ0v) is 16.0. The van der Waals surface area contributed by atoms with Crippen molar-refractivity contribution in [1.29, 1.82) is 0 Å². The Morgan fingerprint density at radius 2 is 2.08 bits per heavy atom. The van der Waals surface area contributed by atoms with Gasteiger partial charge >= 0.3 is 0 Å². The zero-order valence-electron chi connectivity index (χ0n) is 15.2. The Bertz CT molecular complexity index is 720. The molecule has 0 radical (unpaired) electrons. The molecule has 0 heterocycles. The first-order valence-electron chi connectivity index (χ1n) is 9.54. The molecule has 5 rings (SSSR count). The van der Waals surface area contributed by atoms with Gasteiger partial charge in [-0.05, 0) is 74.0 Å². The maximum absolute atomic E-state index is 13.2. The Morgan fingerprint density at radius 3 is 2.80 bits per heavy atom. The normalized spacial score (nSPS) is 38.8. The average molecular weight is 362 g/mol. The Morgan fingerprint density at radius 1 is 1.28 bits per heavy atom. The van der Waals surface area contributed by atoms with Gasteiger partial charge in [-0.1, -0.05) is 37.1 Å². The lowest BCUT2D eigenvalue weighted by molar-refractivity contribution is -0.204. The molecule has 1 aromatic rings. The van der Waals surface area contributed by atoms with Crippen LogP contribution in [-0.2, 0) is 11.3 Å². The first-order valence-corrected chi connectivity index (χ1v) is 9.91. The highest BCUT2D eigenvalue weighted by molar-refractivity contribution is 6.31. The van der Waals surface area contributed by atoms with Crippen molar-refractivity contribution in [2.45, 2.75) is 70.9 Å². The monoisotopic (exact) mass is 361 g/mol. The number of rotatable bonds is 4. The molecular weight excluding hydrogens is 334 g/mol. The molecule has 3 nitrogen and oxygen atoms in total. The van der Waals surface area contributed by atoms with E-state index in [4.69, 9.17) is 11.6 Å². The summed E-state index contributed by atoms with van der Waals surface area (Å²) in [5, 5.41) is 15.0. The summed E-state index contributed by atoms with van der Waals surface area (Å²) in [5.41, 5.74) is 1.25. The maximum atomic E-state index is 13.2. The molecule has 1 aromatic carbocycles. The number of amides is 1. The average Bonchev–Trinajstić information content (AvgIpc) is 2.53. The summed E-state index contributed by atoms with van der Waals surface area (Å²) in [7, 11) is 0. The van der Waals surface area contributed by atoms with Crippen molar-refractivity contribution in [3.63, 3.8) is 0 Å². The minimum Gasteiger partial charge on any atom is -0.390 e. The largest absolute Gasteiger partial charge is 0.390 e. The number of hydrogen-bond donors (Lipinski definition) is 2. The quantitative estimate of drug-likeness (QED) is 0.836. The highest BCUT2D eigenvalue weighted by Gasteiger charge is 2.64. The molecule has 4 unspecified atom stereocenters. The fraction of sp³-hybridized carbons (Fsp3) is 0.667. The third kappa shape index (κ3) is 2.80. The molecule has 4 aliphatic carbocycles. The standard InChI is InChI=1S/C21H28ClNO2/c1-3-19-7-15-8-20(11-19,13-21(25,9-15)12-19)18(24)23-10-16-5-4-6-17(22)14(16)2/h4-6,15,25H,3,7-13H2,1-2H3,(H,23,24). The van der Waals surface area contributed by atoms with Gasteiger partial charge in [0.2, 0.25) is 5.91 Å². The molecule has 1 amide bonds. The SMILES string of the molecule is CCC12CC3CC(O)(C1)CC(C(=O)NCc1cccc(Cl)c1C)(C3)C2. The lowest BCUT2D eigenvalue weighted by Gasteiger charge is -2.64. The summed E-state index contributed by atoms with van der Waals surface area (Å²) in [4.78, 5) is 13.2. The van der Waals surface area contributed by atoms with Crippen molar-refractivity contribution in [2.24, 2.45) is 16.7 Å². The molecule has 2 N–H and O–H groups in total. The molecule has 136 valence electrons. The van der Waals surface area contributed by atoms with Crippen molar-refractivity contribution in [3.8, 4) is 0 Å². The van der Waals surface area contributed by atoms with E-state index in [0.29, 0.717) is 18.9 Å². The maximum Gasteiger partial charge on any atom is 0.226 e. The van der Waals surface area contributed by atoms with E-state index in [1.165, 1.54) is 6.42 Å². The van der Waals surface area contributed by atoms with Gasteiger partial charge in [-0.25, -0.2) is 0 Å². The van der Waals surface area contributed by atoms with Crippen molar-refractivity contribution in [3.05, 3.63) is 34.3 Å². The van der Waals surface area contributed by atoms with Gasteiger partial charge in [0.15, 0.2) is 0 Å². The summed E-state index contributed by atoms with van der Waals surface area (Å²) >= 11 is 6.20. The summed E-state index contributed by atoms with van der Waals surface area (Å²) in [6, 6.07) is 5.82. The van der Waals surface area contributed by atoms with E-state index in [-0.39, 0.29) is 16.7 Å². The summed E-state index contributed by atoms with van der Waals surface area (Å²) in [5.74, 6) is 0.632. The van der Waals surface area contributed by atoms with Crippen LogP contribution in [0.4, 0.5) is 0 Å². The number of aliphatic hydroxyl groups is 1. The van der Waals surface area contributed by atoms with Crippen molar-refractivity contribution < 1.29 is 9.90 Å². The molecular formula is C21H28ClNO2. The minimum absolute atomic E-state index is 0.132. The first-order chi connectivity index (χ1) is 11.8. The highest BCUT2D eigenvalue weighted by Crippen LogP contribution is 2.67. The fourth-order valence-corrected chi connectivity index (χ4v) is 6.63. The van der Waals surface area contributed by atoms with Gasteiger partial charge in [0.25, 0.3) is 0 Å². The van der Waals surface area contributed by atoms with Crippen molar-refractivity contribution in [2.75, 3.05) is 0 Å². The number of halogens is 1. The van der Waals surface area contributed by atoms with Crippen LogP contribution in [0.2, 0.25) is 5.02 Å². The Hall–Kier alpha value is -1.06. The molecule has 4 atom stereocenters. The van der Waals surface area contributed by atoms with Crippen LogP contribution in [0, 0.1) is 23.7 Å². The van der Waals surface area contributed by atoms with E-state index in [9.17, 15) is 9.90 Å². The first kappa shape index (κ1) is 17.4. The Labute approximate surface area is 155 Å². The molecule has 4 bridgehead atoms. The smallest absolute Gasteiger partial charge is 0.226 e. The highest BCUT2D eigenvalue weighted by atomic mass is 35.5. The van der Waals surface area contributed by atoms with E-state index >= 15 is 0 Å². The van der Waals surface area contributed by atoms with Gasteiger partial charge in [-0.3, -0.25) is 4.79 Å². The topological polar surface area (TPSA) is 49.3 Å². The summed E-state index contributed by atoms with van der Waals surface area (Å²) < 4.78 is 0. The van der Waals surface area contributed by atoms with E-state index in [1.54, 1.807) is 0 Å². The van der Waals surface area contributed by atoms with Crippen LogP contribution in [-0.4, -0.2) is 16.6 Å². The lowest BCUT2D eigenvalue weighted by Crippen LogP contribution is -2.63. The van der Waals surface area contributed by atoms with Crippen LogP contribution in [0.1, 0.15) is 63.0 Å². The van der Waals surface area contributed by atoms with Gasteiger partial charge in [-0.2, -0.15) is 0 Å². The zero-order chi connectivity index (χ0) is 17.9. The minimum atomic E-state index is -0.626. The number of hydrogen-bond acceptors (Lipinski definition) is 2. The molecule has 0 saturated heterocycles. The molecule has 4 fully saturated rings. The summed E-state index contributed by atoms with van der Waals surface area (Å²) in [6.07, 6.45) is 6.54. The summed E-state index contributed by atoms with van der Waals surface area (Å²) in [6.45, 7) is 4.72. The molecule has 4 saturated carbocycles. The molecule has 0 aromatic heterocycles. The van der Waals surface area contributed by atoms with Crippen molar-refractivity contribution >= 4 is 17.5 Å². The van der Waals surface area contributed by atoms with Gasteiger partial charge in [0.1, 0.15) is 0 Å². The predicted molar refractivity (Wildman–Crippen MR) is 99.3 cm³/mol. The second-order valence-electron chi connectivity index (χ2n) is 9.07. The number of benzene rings is 1. The van der Waals surface area contributed by atoms with E-state index in [0.717, 1.165) is 48.3 Å². The van der Waals surface area contributed by atoms with Crippen LogP contribution >= 0.6 is 11.6 Å². The molecule has 4 heteroatoms. The number of nitrogens with one attached hydrogen (secondary N) is 1. The fourth-order valence-electron chi connectivity index (χ4n) is 6.44. The second-order valence-corrected chi connectivity index (χ2v) is 9.48. The van der Waals surface area contributed by atoms with Crippen LogP contribution in [0.3, 0.4) is 0 Å². The van der Waals surface area contributed by atoms with E-state index < -0.39 is 5.60 Å². The third-order valence-electron chi connectivity index (χ3n) is 7.21.